The lowest BCUT2D eigenvalue weighted by molar-refractivity contribution is -0.109. The molecule has 0 radical (unpaired) electrons. The lowest BCUT2D eigenvalue weighted by Crippen LogP contribution is -1.81. The van der Waals surface area contributed by atoms with E-state index in [4.69, 9.17) is 0 Å². The molecule has 0 atom stereocenters. The quantitative estimate of drug-likeness (QED) is 0.716. The van der Waals surface area contributed by atoms with Gasteiger partial charge < -0.3 is 0 Å². The van der Waals surface area contributed by atoms with Crippen LogP contribution in [0.2, 0.25) is 0 Å². The summed E-state index contributed by atoms with van der Waals surface area (Å²) in [5.74, 6) is 6.65. The number of carbonyl (C=O) groups is 1. The lowest BCUT2D eigenvalue weighted by atomic mass is 10.2. The molecule has 3 heteroatoms. The maximum Gasteiger partial charge on any atom is 0.186 e. The molecule has 1 aromatic carbocycles. The van der Waals surface area contributed by atoms with E-state index in [1.165, 1.54) is 21.8 Å². The first-order valence-electron chi connectivity index (χ1n) is 4.86. The van der Waals surface area contributed by atoms with Crippen LogP contribution in [0.3, 0.4) is 0 Å². The van der Waals surface area contributed by atoms with Gasteiger partial charge in [-0.25, -0.2) is 0 Å². The third-order valence-corrected chi connectivity index (χ3v) is 3.71. The van der Waals surface area contributed by atoms with Gasteiger partial charge in [-0.05, 0) is 17.5 Å². The number of hydrogen-bond acceptors (Lipinski definition) is 3. The highest BCUT2D eigenvalue weighted by Gasteiger charge is 1.97. The number of rotatable bonds is 1. The third kappa shape index (κ3) is 2.88. The zero-order chi connectivity index (χ0) is 11.4. The fraction of sp³-hybridized carbons (Fsp3) is 0.154. The maximum atomic E-state index is 10.7. The molecule has 1 aromatic heterocycles. The summed E-state index contributed by atoms with van der Waals surface area (Å²) in [4.78, 5) is 11.8. The molecule has 0 fully saturated rings. The highest BCUT2D eigenvalue weighted by molar-refractivity contribution is 8.13. The number of fused-ring (bicyclic) bond motifs is 1. The average Bonchev–Trinajstić information content (AvgIpc) is 2.66. The summed E-state index contributed by atoms with van der Waals surface area (Å²) in [5.41, 5.74) is 0. The van der Waals surface area contributed by atoms with Crippen LogP contribution >= 0.6 is 23.1 Å². The Kier molecular flexibility index (Phi) is 3.66. The smallest absolute Gasteiger partial charge is 0.186 e. The number of thioether (sulfide) groups is 1. The van der Waals surface area contributed by atoms with Crippen molar-refractivity contribution in [2.24, 2.45) is 0 Å². The Labute approximate surface area is 103 Å². The van der Waals surface area contributed by atoms with Crippen molar-refractivity contribution in [3.05, 3.63) is 35.2 Å². The van der Waals surface area contributed by atoms with E-state index in [2.05, 4.69) is 30.0 Å². The Morgan fingerprint density at radius 2 is 2.25 bits per heavy atom. The molecule has 1 nitrogen and oxygen atoms in total. The highest BCUT2D eigenvalue weighted by atomic mass is 32.2. The number of hydrogen-bond donors (Lipinski definition) is 0. The summed E-state index contributed by atoms with van der Waals surface area (Å²) < 4.78 is 1.26. The number of benzene rings is 1. The second-order valence-corrected chi connectivity index (χ2v) is 5.47. The maximum absolute atomic E-state index is 10.7. The van der Waals surface area contributed by atoms with E-state index < -0.39 is 0 Å². The van der Waals surface area contributed by atoms with Crippen molar-refractivity contribution in [3.8, 4) is 11.8 Å². The molecule has 16 heavy (non-hydrogen) atoms. The molecule has 2 rings (SSSR count). The van der Waals surface area contributed by atoms with Gasteiger partial charge in [0.25, 0.3) is 0 Å². The molecule has 0 unspecified atom stereocenters. The molecule has 2 aromatic rings. The predicted molar refractivity (Wildman–Crippen MR) is 71.8 cm³/mol. The minimum atomic E-state index is 0.116. The van der Waals surface area contributed by atoms with Crippen molar-refractivity contribution < 1.29 is 4.79 Å². The molecule has 0 aliphatic carbocycles. The monoisotopic (exact) mass is 246 g/mol. The highest BCUT2D eigenvalue weighted by Crippen LogP contribution is 2.24. The van der Waals surface area contributed by atoms with E-state index in [0.29, 0.717) is 5.75 Å². The Bertz CT molecular complexity index is 539. The van der Waals surface area contributed by atoms with Crippen LogP contribution in [0, 0.1) is 11.8 Å². The molecule has 1 heterocycles. The third-order valence-electron chi connectivity index (χ3n) is 1.98. The van der Waals surface area contributed by atoms with Crippen LogP contribution in [-0.2, 0) is 4.79 Å². The Balaban J connectivity index is 2.12. The topological polar surface area (TPSA) is 17.1 Å². The van der Waals surface area contributed by atoms with E-state index in [9.17, 15) is 4.79 Å². The molecular weight excluding hydrogens is 236 g/mol. The van der Waals surface area contributed by atoms with E-state index >= 15 is 0 Å². The van der Waals surface area contributed by atoms with Crippen LogP contribution in [-0.4, -0.2) is 10.9 Å². The first-order chi connectivity index (χ1) is 7.75. The predicted octanol–water partition coefficient (Wildman–Crippen LogP) is 3.53. The van der Waals surface area contributed by atoms with Gasteiger partial charge >= 0.3 is 0 Å². The Morgan fingerprint density at radius 1 is 1.44 bits per heavy atom. The van der Waals surface area contributed by atoms with Crippen LogP contribution in [0.4, 0.5) is 0 Å². The van der Waals surface area contributed by atoms with Gasteiger partial charge in [-0.2, -0.15) is 0 Å². The van der Waals surface area contributed by atoms with Gasteiger partial charge in [-0.1, -0.05) is 41.8 Å². The summed E-state index contributed by atoms with van der Waals surface area (Å²) >= 11 is 2.94. The van der Waals surface area contributed by atoms with Gasteiger partial charge in [0.15, 0.2) is 5.12 Å². The summed E-state index contributed by atoms with van der Waals surface area (Å²) in [6.45, 7) is 1.56. The molecule has 0 bridgehead atoms. The number of carbonyl (C=O) groups excluding carboxylic acids is 1. The van der Waals surface area contributed by atoms with Crippen molar-refractivity contribution in [3.63, 3.8) is 0 Å². The normalized spacial score (nSPS) is 9.81. The minimum absolute atomic E-state index is 0.116. The summed E-state index contributed by atoms with van der Waals surface area (Å²) in [7, 11) is 0. The zero-order valence-electron chi connectivity index (χ0n) is 8.82. The fourth-order valence-corrected chi connectivity index (χ4v) is 2.59. The summed E-state index contributed by atoms with van der Waals surface area (Å²) in [6, 6.07) is 10.3. The van der Waals surface area contributed by atoms with E-state index in [1.54, 1.807) is 18.3 Å². The molecule has 0 N–H and O–H groups in total. The fourth-order valence-electron chi connectivity index (χ4n) is 1.30. The van der Waals surface area contributed by atoms with E-state index in [0.717, 1.165) is 4.88 Å². The molecule has 0 spiro atoms. The van der Waals surface area contributed by atoms with Gasteiger partial charge in [-0.15, -0.1) is 11.3 Å². The van der Waals surface area contributed by atoms with Gasteiger partial charge in [0.1, 0.15) is 0 Å². The second-order valence-electron chi connectivity index (χ2n) is 3.23. The molecule has 80 valence electrons. The second kappa shape index (κ2) is 5.20. The van der Waals surface area contributed by atoms with E-state index in [-0.39, 0.29) is 5.12 Å². The van der Waals surface area contributed by atoms with Crippen molar-refractivity contribution in [2.45, 2.75) is 6.92 Å². The van der Waals surface area contributed by atoms with Crippen molar-refractivity contribution >= 4 is 38.3 Å². The molecule has 0 saturated heterocycles. The van der Waals surface area contributed by atoms with Crippen LogP contribution in [0.1, 0.15) is 11.8 Å². The lowest BCUT2D eigenvalue weighted by Gasteiger charge is -1.83. The van der Waals surface area contributed by atoms with Crippen molar-refractivity contribution in [2.75, 3.05) is 5.75 Å². The largest absolute Gasteiger partial charge is 0.288 e. The van der Waals surface area contributed by atoms with Crippen molar-refractivity contribution in [1.82, 2.24) is 0 Å². The molecule has 0 amide bonds. The summed E-state index contributed by atoms with van der Waals surface area (Å²) in [5, 5.41) is 1.35. The molecule has 0 aliphatic rings. The average molecular weight is 246 g/mol. The van der Waals surface area contributed by atoms with Gasteiger partial charge in [0.05, 0.1) is 10.6 Å². The zero-order valence-corrected chi connectivity index (χ0v) is 10.5. The van der Waals surface area contributed by atoms with Crippen LogP contribution in [0.25, 0.3) is 10.1 Å². The van der Waals surface area contributed by atoms with Crippen molar-refractivity contribution in [1.29, 1.82) is 0 Å². The number of thiophene rings is 1. The minimum Gasteiger partial charge on any atom is -0.288 e. The van der Waals surface area contributed by atoms with Gasteiger partial charge in [0, 0.05) is 11.6 Å². The molecule has 0 aliphatic heterocycles. The standard InChI is InChI=1S/C13H10OS2/c1-10(14)15-8-4-6-12-9-11-5-2-3-7-13(11)16-12/h2-3,5,7,9H,8H2,1H3. The SMILES string of the molecule is CC(=O)SCC#Cc1cc2ccccc2s1. The molecule has 0 saturated carbocycles. The first-order valence-corrected chi connectivity index (χ1v) is 6.67. The van der Waals surface area contributed by atoms with Gasteiger partial charge in [0.2, 0.25) is 0 Å². The van der Waals surface area contributed by atoms with Crippen LogP contribution < -0.4 is 0 Å². The molecular formula is C13H10OS2. The Morgan fingerprint density at radius 3 is 3.00 bits per heavy atom. The first kappa shape index (κ1) is 11.3. The summed E-state index contributed by atoms with van der Waals surface area (Å²) in [6.07, 6.45) is 0. The Hall–Kier alpha value is -1.24. The van der Waals surface area contributed by atoms with Gasteiger partial charge in [-0.3, -0.25) is 4.79 Å². The van der Waals surface area contributed by atoms with Crippen LogP contribution in [0.5, 0.6) is 0 Å². The van der Waals surface area contributed by atoms with Crippen LogP contribution in [0.15, 0.2) is 30.3 Å². The van der Waals surface area contributed by atoms with E-state index in [1.807, 2.05) is 12.1 Å².